The second kappa shape index (κ2) is 5.95. The quantitative estimate of drug-likeness (QED) is 0.755. The van der Waals surface area contributed by atoms with Crippen LogP contribution in [0.15, 0.2) is 17.0 Å². The minimum atomic E-state index is -3.99. The molecule has 9 nitrogen and oxygen atoms in total. The van der Waals surface area contributed by atoms with Gasteiger partial charge < -0.3 is 20.1 Å². The highest BCUT2D eigenvalue weighted by molar-refractivity contribution is 7.89. The molecule has 10 heteroatoms. The SMILES string of the molecule is COc1cc2c(cc1S(=O)(=O)N(C)C1CCNC1=O)OCC(=O)N2. The minimum Gasteiger partial charge on any atom is -0.495 e. The van der Waals surface area contributed by atoms with Crippen LogP contribution < -0.4 is 20.1 Å². The van der Waals surface area contributed by atoms with Gasteiger partial charge in [0.25, 0.3) is 5.91 Å². The molecule has 130 valence electrons. The number of hydrogen-bond donors (Lipinski definition) is 2. The first-order valence-electron chi connectivity index (χ1n) is 7.25. The molecule has 1 atom stereocenters. The molecule has 1 aromatic carbocycles. The van der Waals surface area contributed by atoms with E-state index in [-0.39, 0.29) is 34.8 Å². The fourth-order valence-electron chi connectivity index (χ4n) is 2.70. The van der Waals surface area contributed by atoms with Crippen molar-refractivity contribution in [2.45, 2.75) is 17.4 Å². The van der Waals surface area contributed by atoms with E-state index in [4.69, 9.17) is 9.47 Å². The van der Waals surface area contributed by atoms with Crippen LogP contribution in [-0.2, 0) is 19.6 Å². The zero-order valence-corrected chi connectivity index (χ0v) is 14.0. The zero-order chi connectivity index (χ0) is 17.5. The molecule has 0 aromatic heterocycles. The Labute approximate surface area is 139 Å². The fourth-order valence-corrected chi connectivity index (χ4v) is 4.20. The Morgan fingerprint density at radius 3 is 2.71 bits per heavy atom. The molecule has 0 bridgehead atoms. The summed E-state index contributed by atoms with van der Waals surface area (Å²) >= 11 is 0. The third kappa shape index (κ3) is 2.67. The monoisotopic (exact) mass is 355 g/mol. The van der Waals surface area contributed by atoms with Gasteiger partial charge in [-0.3, -0.25) is 9.59 Å². The maximum atomic E-state index is 12.9. The van der Waals surface area contributed by atoms with Crippen molar-refractivity contribution in [3.8, 4) is 11.5 Å². The Morgan fingerprint density at radius 1 is 1.33 bits per heavy atom. The molecule has 2 heterocycles. The second-order valence-electron chi connectivity index (χ2n) is 5.45. The normalized spacial score (nSPS) is 20.2. The number of nitrogens with one attached hydrogen (secondary N) is 2. The summed E-state index contributed by atoms with van der Waals surface area (Å²) < 4.78 is 37.3. The molecule has 1 saturated heterocycles. The molecule has 0 radical (unpaired) electrons. The lowest BCUT2D eigenvalue weighted by atomic mass is 10.2. The van der Waals surface area contributed by atoms with Crippen LogP contribution in [0.5, 0.6) is 11.5 Å². The summed E-state index contributed by atoms with van der Waals surface area (Å²) in [6.45, 7) is 0.236. The van der Waals surface area contributed by atoms with E-state index in [9.17, 15) is 18.0 Å². The van der Waals surface area contributed by atoms with Crippen LogP contribution in [0.1, 0.15) is 6.42 Å². The summed E-state index contributed by atoms with van der Waals surface area (Å²) in [6, 6.07) is 1.92. The first-order valence-corrected chi connectivity index (χ1v) is 8.69. The highest BCUT2D eigenvalue weighted by atomic mass is 32.2. The number of sulfonamides is 1. The predicted molar refractivity (Wildman–Crippen MR) is 83.5 cm³/mol. The highest BCUT2D eigenvalue weighted by Crippen LogP contribution is 2.38. The van der Waals surface area contributed by atoms with E-state index in [2.05, 4.69) is 10.6 Å². The first kappa shape index (κ1) is 16.5. The van der Waals surface area contributed by atoms with Gasteiger partial charge in [-0.2, -0.15) is 4.31 Å². The van der Waals surface area contributed by atoms with Crippen LogP contribution in [-0.4, -0.2) is 57.9 Å². The highest BCUT2D eigenvalue weighted by Gasteiger charge is 2.37. The predicted octanol–water partition coefficient (Wildman–Crippen LogP) is -0.465. The van der Waals surface area contributed by atoms with Crippen molar-refractivity contribution in [3.05, 3.63) is 12.1 Å². The molecule has 2 amide bonds. The lowest BCUT2D eigenvalue weighted by Crippen LogP contribution is -2.41. The van der Waals surface area contributed by atoms with E-state index in [1.165, 1.54) is 26.3 Å². The summed E-state index contributed by atoms with van der Waals surface area (Å²) in [6.07, 6.45) is 0.397. The molecule has 3 rings (SSSR count). The second-order valence-corrected chi connectivity index (χ2v) is 7.42. The van der Waals surface area contributed by atoms with Crippen molar-refractivity contribution in [2.75, 3.05) is 32.6 Å². The van der Waals surface area contributed by atoms with E-state index in [0.717, 1.165) is 4.31 Å². The van der Waals surface area contributed by atoms with Gasteiger partial charge in [-0.1, -0.05) is 0 Å². The van der Waals surface area contributed by atoms with E-state index in [1.54, 1.807) is 0 Å². The Bertz CT molecular complexity index is 807. The van der Waals surface area contributed by atoms with Gasteiger partial charge in [0.1, 0.15) is 22.4 Å². The number of likely N-dealkylation sites (N-methyl/N-ethyl adjacent to an activating group) is 1. The average molecular weight is 355 g/mol. The number of carbonyl (C=O) groups excluding carboxylic acids is 2. The van der Waals surface area contributed by atoms with Crippen LogP contribution in [0, 0.1) is 0 Å². The Hall–Kier alpha value is -2.33. The maximum Gasteiger partial charge on any atom is 0.262 e. The molecule has 1 unspecified atom stereocenters. The van der Waals surface area contributed by atoms with Crippen molar-refractivity contribution in [1.82, 2.24) is 9.62 Å². The van der Waals surface area contributed by atoms with Crippen molar-refractivity contribution >= 4 is 27.5 Å². The van der Waals surface area contributed by atoms with Gasteiger partial charge in [0.05, 0.1) is 12.8 Å². The van der Waals surface area contributed by atoms with Gasteiger partial charge in [0.2, 0.25) is 15.9 Å². The third-order valence-corrected chi connectivity index (χ3v) is 5.90. The van der Waals surface area contributed by atoms with Crippen LogP contribution in [0.2, 0.25) is 0 Å². The average Bonchev–Trinajstić information content (AvgIpc) is 2.98. The molecule has 24 heavy (non-hydrogen) atoms. The topological polar surface area (TPSA) is 114 Å². The van der Waals surface area contributed by atoms with Gasteiger partial charge >= 0.3 is 0 Å². The molecule has 1 fully saturated rings. The van der Waals surface area contributed by atoms with Crippen molar-refractivity contribution in [3.63, 3.8) is 0 Å². The fraction of sp³-hybridized carbons (Fsp3) is 0.429. The number of amides is 2. The van der Waals surface area contributed by atoms with Crippen molar-refractivity contribution in [1.29, 1.82) is 0 Å². The first-order chi connectivity index (χ1) is 11.3. The zero-order valence-electron chi connectivity index (χ0n) is 13.2. The smallest absolute Gasteiger partial charge is 0.262 e. The van der Waals surface area contributed by atoms with E-state index in [0.29, 0.717) is 18.7 Å². The van der Waals surface area contributed by atoms with Crippen LogP contribution in [0.4, 0.5) is 5.69 Å². The summed E-state index contributed by atoms with van der Waals surface area (Å²) in [5.74, 6) is -0.371. The Morgan fingerprint density at radius 2 is 2.08 bits per heavy atom. The van der Waals surface area contributed by atoms with Gasteiger partial charge in [0.15, 0.2) is 6.61 Å². The number of benzene rings is 1. The summed E-state index contributed by atoms with van der Waals surface area (Å²) in [5, 5.41) is 5.20. The number of fused-ring (bicyclic) bond motifs is 1. The van der Waals surface area contributed by atoms with Gasteiger partial charge in [-0.05, 0) is 6.42 Å². The minimum absolute atomic E-state index is 0.0600. The molecule has 2 aliphatic rings. The molecule has 2 aliphatic heterocycles. The van der Waals surface area contributed by atoms with Crippen LogP contribution in [0.3, 0.4) is 0 Å². The lowest BCUT2D eigenvalue weighted by Gasteiger charge is -2.25. The standard InChI is InChI=1S/C14H17N3O6S/c1-17(9-3-4-15-14(9)19)24(20,21)12-6-10-8(5-11(12)22-2)16-13(18)7-23-10/h5-6,9H,3-4,7H2,1-2H3,(H,15,19)(H,16,18). The third-order valence-electron chi connectivity index (χ3n) is 4.01. The van der Waals surface area contributed by atoms with Gasteiger partial charge in [-0.15, -0.1) is 0 Å². The van der Waals surface area contributed by atoms with E-state index < -0.39 is 16.1 Å². The summed E-state index contributed by atoms with van der Waals surface area (Å²) in [7, 11) is -1.31. The van der Waals surface area contributed by atoms with Crippen molar-refractivity contribution in [2.24, 2.45) is 0 Å². The molecular weight excluding hydrogens is 338 g/mol. The van der Waals surface area contributed by atoms with Crippen LogP contribution >= 0.6 is 0 Å². The van der Waals surface area contributed by atoms with E-state index >= 15 is 0 Å². The largest absolute Gasteiger partial charge is 0.495 e. The molecular formula is C14H17N3O6S. The van der Waals surface area contributed by atoms with E-state index in [1.807, 2.05) is 0 Å². The number of anilines is 1. The number of ether oxygens (including phenoxy) is 2. The van der Waals surface area contributed by atoms with Crippen molar-refractivity contribution < 1.29 is 27.5 Å². The molecule has 1 aromatic rings. The Balaban J connectivity index is 2.04. The number of nitrogens with zero attached hydrogens (tertiary/aromatic N) is 1. The maximum absolute atomic E-state index is 12.9. The Kier molecular flexibility index (Phi) is 4.10. The lowest BCUT2D eigenvalue weighted by molar-refractivity contribution is -0.122. The molecule has 2 N–H and O–H groups in total. The number of methoxy groups -OCH3 is 1. The molecule has 0 aliphatic carbocycles. The molecule has 0 saturated carbocycles. The number of hydrogen-bond acceptors (Lipinski definition) is 6. The number of rotatable bonds is 4. The summed E-state index contributed by atoms with van der Waals surface area (Å²) in [4.78, 5) is 23.1. The summed E-state index contributed by atoms with van der Waals surface area (Å²) in [5.41, 5.74) is 0.336. The van der Waals surface area contributed by atoms with Gasteiger partial charge in [-0.25, -0.2) is 8.42 Å². The van der Waals surface area contributed by atoms with Gasteiger partial charge in [0, 0.05) is 25.7 Å². The molecule has 0 spiro atoms. The number of carbonyl (C=O) groups is 2. The van der Waals surface area contributed by atoms with Crippen LogP contribution in [0.25, 0.3) is 0 Å².